The molecule has 0 aliphatic heterocycles. The number of benzene rings is 1. The number of nitrogens with zero attached hydrogens (tertiary/aromatic N) is 2. The highest BCUT2D eigenvalue weighted by molar-refractivity contribution is 6.06. The van der Waals surface area contributed by atoms with Gasteiger partial charge in [0.1, 0.15) is 0 Å². The van der Waals surface area contributed by atoms with Crippen molar-refractivity contribution in [2.45, 2.75) is 6.92 Å². The molecule has 0 saturated heterocycles. The van der Waals surface area contributed by atoms with Crippen molar-refractivity contribution < 1.29 is 9.59 Å². The number of rotatable bonds is 4. The van der Waals surface area contributed by atoms with Gasteiger partial charge in [-0.1, -0.05) is 6.07 Å². The van der Waals surface area contributed by atoms with Gasteiger partial charge < -0.3 is 10.6 Å². The normalized spacial score (nSPS) is 10.3. The molecule has 0 radical (unpaired) electrons. The van der Waals surface area contributed by atoms with Crippen LogP contribution >= 0.6 is 0 Å². The predicted molar refractivity (Wildman–Crippen MR) is 88.4 cm³/mol. The van der Waals surface area contributed by atoms with Crippen LogP contribution in [0.2, 0.25) is 0 Å². The van der Waals surface area contributed by atoms with Gasteiger partial charge in [0, 0.05) is 17.1 Å². The number of fused-ring (bicyclic) bond motifs is 1. The first-order valence-electron chi connectivity index (χ1n) is 7.00. The number of anilines is 2. The van der Waals surface area contributed by atoms with Gasteiger partial charge in [0.15, 0.2) is 0 Å². The molecule has 0 unspecified atom stereocenters. The Morgan fingerprint density at radius 2 is 2.04 bits per heavy atom. The van der Waals surface area contributed by atoms with Gasteiger partial charge in [-0.2, -0.15) is 0 Å². The summed E-state index contributed by atoms with van der Waals surface area (Å²) < 4.78 is 0. The summed E-state index contributed by atoms with van der Waals surface area (Å²) in [5, 5.41) is 6.22. The SMILES string of the molecule is Cc1ncc(NC=O)cc1NC(=O)c1ccc2ncccc2c1. The Morgan fingerprint density at radius 1 is 1.17 bits per heavy atom. The average molecular weight is 306 g/mol. The van der Waals surface area contributed by atoms with Crippen LogP contribution in [0.15, 0.2) is 48.8 Å². The summed E-state index contributed by atoms with van der Waals surface area (Å²) in [7, 11) is 0. The molecule has 0 bridgehead atoms. The van der Waals surface area contributed by atoms with Crippen LogP contribution < -0.4 is 10.6 Å². The van der Waals surface area contributed by atoms with E-state index >= 15 is 0 Å². The van der Waals surface area contributed by atoms with Gasteiger partial charge in [0.05, 0.1) is 28.8 Å². The number of amides is 2. The number of aryl methyl sites for hydroxylation is 1. The fourth-order valence-electron chi connectivity index (χ4n) is 2.22. The molecule has 2 N–H and O–H groups in total. The first-order chi connectivity index (χ1) is 11.2. The van der Waals surface area contributed by atoms with Gasteiger partial charge in [0.2, 0.25) is 6.41 Å². The molecule has 114 valence electrons. The maximum absolute atomic E-state index is 12.4. The zero-order valence-electron chi connectivity index (χ0n) is 12.4. The van der Waals surface area contributed by atoms with Gasteiger partial charge in [-0.15, -0.1) is 0 Å². The van der Waals surface area contributed by atoms with Crippen molar-refractivity contribution in [3.63, 3.8) is 0 Å². The number of pyridine rings is 2. The zero-order chi connectivity index (χ0) is 16.2. The second-order valence-electron chi connectivity index (χ2n) is 4.98. The molecule has 23 heavy (non-hydrogen) atoms. The Morgan fingerprint density at radius 3 is 2.87 bits per heavy atom. The molecule has 0 fully saturated rings. The van der Waals surface area contributed by atoms with Crippen LogP contribution in [0.4, 0.5) is 11.4 Å². The Balaban J connectivity index is 1.88. The summed E-state index contributed by atoms with van der Waals surface area (Å²) in [5.41, 5.74) is 3.09. The molecule has 2 aromatic heterocycles. The third kappa shape index (κ3) is 3.16. The van der Waals surface area contributed by atoms with E-state index < -0.39 is 0 Å². The number of hydrogen-bond acceptors (Lipinski definition) is 4. The lowest BCUT2D eigenvalue weighted by atomic mass is 10.1. The fraction of sp³-hybridized carbons (Fsp3) is 0.0588. The molecule has 2 heterocycles. The molecule has 3 aromatic rings. The highest BCUT2D eigenvalue weighted by Crippen LogP contribution is 2.19. The summed E-state index contributed by atoms with van der Waals surface area (Å²) in [6, 6.07) is 10.7. The molecule has 1 aromatic carbocycles. The molecule has 0 saturated carbocycles. The topological polar surface area (TPSA) is 84.0 Å². The van der Waals surface area contributed by atoms with Gasteiger partial charge >= 0.3 is 0 Å². The van der Waals surface area contributed by atoms with Crippen LogP contribution in [0, 0.1) is 6.92 Å². The third-order valence-corrected chi connectivity index (χ3v) is 3.43. The fourth-order valence-corrected chi connectivity index (χ4v) is 2.22. The lowest BCUT2D eigenvalue weighted by Gasteiger charge is -2.10. The summed E-state index contributed by atoms with van der Waals surface area (Å²) in [6.07, 6.45) is 3.80. The molecular formula is C17H14N4O2. The number of carbonyl (C=O) groups is 2. The highest BCUT2D eigenvalue weighted by Gasteiger charge is 2.10. The smallest absolute Gasteiger partial charge is 0.255 e. The first-order valence-corrected chi connectivity index (χ1v) is 7.00. The Kier molecular flexibility index (Phi) is 3.97. The first kappa shape index (κ1) is 14.6. The van der Waals surface area contributed by atoms with Crippen LogP contribution in [0.25, 0.3) is 10.9 Å². The van der Waals surface area contributed by atoms with E-state index in [1.165, 1.54) is 6.20 Å². The van der Waals surface area contributed by atoms with Crippen molar-refractivity contribution in [1.82, 2.24) is 9.97 Å². The van der Waals surface area contributed by atoms with Crippen molar-refractivity contribution >= 4 is 34.6 Å². The van der Waals surface area contributed by atoms with Gasteiger partial charge in [0.25, 0.3) is 5.91 Å². The van der Waals surface area contributed by atoms with Gasteiger partial charge in [-0.25, -0.2) is 0 Å². The molecule has 3 rings (SSSR count). The summed E-state index contributed by atoms with van der Waals surface area (Å²) in [5.74, 6) is -0.246. The molecule has 0 atom stereocenters. The Hall–Kier alpha value is -3.28. The van der Waals surface area contributed by atoms with Crippen molar-refractivity contribution in [3.05, 3.63) is 60.0 Å². The number of hydrogen-bond donors (Lipinski definition) is 2. The van der Waals surface area contributed by atoms with Crippen molar-refractivity contribution in [1.29, 1.82) is 0 Å². The van der Waals surface area contributed by atoms with E-state index in [-0.39, 0.29) is 5.91 Å². The summed E-state index contributed by atoms with van der Waals surface area (Å²) >= 11 is 0. The van der Waals surface area contributed by atoms with E-state index in [2.05, 4.69) is 20.6 Å². The van der Waals surface area contributed by atoms with Crippen LogP contribution in [0.5, 0.6) is 0 Å². The van der Waals surface area contributed by atoms with Gasteiger partial charge in [-0.3, -0.25) is 19.6 Å². The van der Waals surface area contributed by atoms with Crippen molar-refractivity contribution in [2.24, 2.45) is 0 Å². The van der Waals surface area contributed by atoms with E-state index in [0.29, 0.717) is 29.0 Å². The predicted octanol–water partition coefficient (Wildman–Crippen LogP) is 2.76. The van der Waals surface area contributed by atoms with Crippen molar-refractivity contribution in [3.8, 4) is 0 Å². The maximum Gasteiger partial charge on any atom is 0.255 e. The monoisotopic (exact) mass is 306 g/mol. The van der Waals surface area contributed by atoms with Gasteiger partial charge in [-0.05, 0) is 37.3 Å². The standard InChI is InChI=1S/C17H14N4O2/c1-11-16(8-14(9-19-11)20-10-22)21-17(23)13-4-5-15-12(7-13)3-2-6-18-15/h2-10H,1H3,(H,20,22)(H,21,23). The number of nitrogens with one attached hydrogen (secondary N) is 2. The largest absolute Gasteiger partial charge is 0.327 e. The van der Waals surface area contributed by atoms with Crippen LogP contribution in [0.1, 0.15) is 16.1 Å². The average Bonchev–Trinajstić information content (AvgIpc) is 2.57. The minimum Gasteiger partial charge on any atom is -0.327 e. The van der Waals surface area contributed by atoms with E-state index in [4.69, 9.17) is 0 Å². The lowest BCUT2D eigenvalue weighted by Crippen LogP contribution is -2.13. The highest BCUT2D eigenvalue weighted by atomic mass is 16.1. The van der Waals surface area contributed by atoms with E-state index in [1.54, 1.807) is 37.4 Å². The van der Waals surface area contributed by atoms with Crippen LogP contribution in [-0.2, 0) is 4.79 Å². The number of aromatic nitrogens is 2. The van der Waals surface area contributed by atoms with E-state index in [0.717, 1.165) is 10.9 Å². The molecule has 0 spiro atoms. The van der Waals surface area contributed by atoms with Crippen LogP contribution in [-0.4, -0.2) is 22.3 Å². The quantitative estimate of drug-likeness (QED) is 0.726. The van der Waals surface area contributed by atoms with E-state index in [1.807, 2.05) is 12.1 Å². The number of carbonyl (C=O) groups excluding carboxylic acids is 2. The molecule has 0 aliphatic carbocycles. The Labute approximate surface area is 132 Å². The minimum atomic E-state index is -0.246. The summed E-state index contributed by atoms with van der Waals surface area (Å²) in [4.78, 5) is 31.3. The van der Waals surface area contributed by atoms with Crippen LogP contribution in [0.3, 0.4) is 0 Å². The zero-order valence-corrected chi connectivity index (χ0v) is 12.4. The third-order valence-electron chi connectivity index (χ3n) is 3.43. The second kappa shape index (κ2) is 6.23. The molecule has 0 aliphatic rings. The lowest BCUT2D eigenvalue weighted by molar-refractivity contribution is -0.105. The van der Waals surface area contributed by atoms with E-state index in [9.17, 15) is 9.59 Å². The minimum absolute atomic E-state index is 0.246. The molecule has 6 nitrogen and oxygen atoms in total. The molecular weight excluding hydrogens is 292 g/mol. The summed E-state index contributed by atoms with van der Waals surface area (Å²) in [6.45, 7) is 1.78. The second-order valence-corrected chi connectivity index (χ2v) is 4.98. The Bertz CT molecular complexity index is 893. The molecule has 6 heteroatoms. The molecule has 2 amide bonds. The van der Waals surface area contributed by atoms with Crippen molar-refractivity contribution in [2.75, 3.05) is 10.6 Å². The maximum atomic E-state index is 12.4.